The van der Waals surface area contributed by atoms with Gasteiger partial charge in [-0.25, -0.2) is 17.9 Å². The number of nitrogens with zero attached hydrogens (tertiary/aromatic N) is 1. The number of aromatic nitrogens is 2. The fourth-order valence-electron chi connectivity index (χ4n) is 1.80. The molecule has 0 radical (unpaired) electrons. The molecule has 0 fully saturated rings. The van der Waals surface area contributed by atoms with Crippen molar-refractivity contribution in [1.82, 2.24) is 14.9 Å². The van der Waals surface area contributed by atoms with Crippen LogP contribution in [0.2, 0.25) is 4.34 Å². The predicted octanol–water partition coefficient (Wildman–Crippen LogP) is 2.17. The minimum Gasteiger partial charge on any atom is -0.476 e. The summed E-state index contributed by atoms with van der Waals surface area (Å²) in [4.78, 5) is 11.4. The number of carbonyl (C=O) groups is 1. The Morgan fingerprint density at radius 2 is 2.19 bits per heavy atom. The third-order valence-corrected chi connectivity index (χ3v) is 5.83. The second-order valence-corrected chi connectivity index (χ2v) is 7.71. The lowest BCUT2D eigenvalue weighted by Crippen LogP contribution is -2.28. The van der Waals surface area contributed by atoms with E-state index in [0.717, 1.165) is 4.88 Å². The Balaban J connectivity index is 2.35. The van der Waals surface area contributed by atoms with E-state index < -0.39 is 27.7 Å². The number of aromatic amines is 1. The molecule has 10 heteroatoms. The Bertz CT molecular complexity index is 781. The Hall–Kier alpha value is -1.42. The van der Waals surface area contributed by atoms with Gasteiger partial charge >= 0.3 is 5.97 Å². The van der Waals surface area contributed by atoms with E-state index >= 15 is 0 Å². The van der Waals surface area contributed by atoms with Crippen LogP contribution in [-0.4, -0.2) is 29.7 Å². The van der Waals surface area contributed by atoms with Crippen LogP contribution in [0.15, 0.2) is 17.0 Å². The van der Waals surface area contributed by atoms with Gasteiger partial charge in [-0.2, -0.15) is 5.10 Å². The molecule has 0 aliphatic carbocycles. The standard InChI is InChI=1S/C11H12ClN3O4S2/c1-5(7-3-4-8(12)20-7)15-21(18,19)10-6(2)13-14-9(10)11(16)17/h3-5,15H,1-2H3,(H,13,14)(H,16,17). The molecule has 21 heavy (non-hydrogen) atoms. The molecule has 3 N–H and O–H groups in total. The van der Waals surface area contributed by atoms with Gasteiger partial charge < -0.3 is 5.11 Å². The van der Waals surface area contributed by atoms with Crippen molar-refractivity contribution in [2.24, 2.45) is 0 Å². The molecule has 2 aromatic rings. The van der Waals surface area contributed by atoms with E-state index in [9.17, 15) is 13.2 Å². The Morgan fingerprint density at radius 1 is 1.52 bits per heavy atom. The summed E-state index contributed by atoms with van der Waals surface area (Å²) in [5.41, 5.74) is -0.368. The van der Waals surface area contributed by atoms with Crippen molar-refractivity contribution in [3.8, 4) is 0 Å². The first-order chi connectivity index (χ1) is 9.72. The predicted molar refractivity (Wildman–Crippen MR) is 78.3 cm³/mol. The molecule has 2 heterocycles. The van der Waals surface area contributed by atoms with Crippen LogP contribution >= 0.6 is 22.9 Å². The number of carboxylic acid groups (broad SMARTS) is 1. The van der Waals surface area contributed by atoms with Crippen molar-refractivity contribution in [3.63, 3.8) is 0 Å². The van der Waals surface area contributed by atoms with Crippen LogP contribution in [0.25, 0.3) is 0 Å². The number of halogens is 1. The summed E-state index contributed by atoms with van der Waals surface area (Å²) in [6.45, 7) is 3.09. The van der Waals surface area contributed by atoms with Gasteiger partial charge in [0.15, 0.2) is 5.69 Å². The minimum absolute atomic E-state index is 0.163. The number of hydrogen-bond acceptors (Lipinski definition) is 5. The fraction of sp³-hybridized carbons (Fsp3) is 0.273. The third-order valence-electron chi connectivity index (χ3n) is 2.72. The first kappa shape index (κ1) is 16.0. The maximum atomic E-state index is 12.4. The van der Waals surface area contributed by atoms with Gasteiger partial charge in [0.25, 0.3) is 0 Å². The lowest BCUT2D eigenvalue weighted by molar-refractivity contribution is 0.0686. The maximum absolute atomic E-state index is 12.4. The van der Waals surface area contributed by atoms with Crippen LogP contribution in [0.3, 0.4) is 0 Å². The summed E-state index contributed by atoms with van der Waals surface area (Å²) in [6, 6.07) is 2.84. The highest BCUT2D eigenvalue weighted by Gasteiger charge is 2.29. The molecule has 0 aromatic carbocycles. The molecule has 2 rings (SSSR count). The largest absolute Gasteiger partial charge is 0.476 e. The van der Waals surface area contributed by atoms with Gasteiger partial charge in [0.1, 0.15) is 4.90 Å². The van der Waals surface area contributed by atoms with Crippen LogP contribution in [-0.2, 0) is 10.0 Å². The van der Waals surface area contributed by atoms with E-state index in [1.807, 2.05) is 0 Å². The van der Waals surface area contributed by atoms with Crippen LogP contribution in [0.4, 0.5) is 0 Å². The molecule has 0 saturated carbocycles. The summed E-state index contributed by atoms with van der Waals surface area (Å²) in [5.74, 6) is -1.41. The number of thiophene rings is 1. The van der Waals surface area contributed by atoms with E-state index in [0.29, 0.717) is 4.34 Å². The number of aromatic carboxylic acids is 1. The van der Waals surface area contributed by atoms with Crippen LogP contribution in [0.5, 0.6) is 0 Å². The van der Waals surface area contributed by atoms with Gasteiger partial charge in [0, 0.05) is 4.88 Å². The van der Waals surface area contributed by atoms with Gasteiger partial charge in [-0.15, -0.1) is 11.3 Å². The fourth-order valence-corrected chi connectivity index (χ4v) is 4.49. The summed E-state index contributed by atoms with van der Waals surface area (Å²) in [6.07, 6.45) is 0. The lowest BCUT2D eigenvalue weighted by atomic mass is 10.3. The quantitative estimate of drug-likeness (QED) is 0.765. The van der Waals surface area contributed by atoms with Crippen molar-refractivity contribution in [3.05, 3.63) is 32.7 Å². The highest BCUT2D eigenvalue weighted by atomic mass is 35.5. The molecule has 1 atom stereocenters. The number of H-pyrrole nitrogens is 1. The topological polar surface area (TPSA) is 112 Å². The Morgan fingerprint density at radius 3 is 2.71 bits per heavy atom. The molecule has 0 bridgehead atoms. The average molecular weight is 350 g/mol. The van der Waals surface area contributed by atoms with Crippen molar-refractivity contribution in [1.29, 1.82) is 0 Å². The third kappa shape index (κ3) is 3.26. The number of rotatable bonds is 5. The van der Waals surface area contributed by atoms with Gasteiger partial charge in [0.2, 0.25) is 10.0 Å². The van der Waals surface area contributed by atoms with E-state index in [-0.39, 0.29) is 10.6 Å². The summed E-state index contributed by atoms with van der Waals surface area (Å²) < 4.78 is 27.7. The second-order valence-electron chi connectivity index (χ2n) is 4.32. The van der Waals surface area contributed by atoms with E-state index in [4.69, 9.17) is 16.7 Å². The van der Waals surface area contributed by atoms with Crippen molar-refractivity contribution in [2.45, 2.75) is 24.8 Å². The van der Waals surface area contributed by atoms with E-state index in [2.05, 4.69) is 14.9 Å². The molecule has 0 saturated heterocycles. The Kier molecular flexibility index (Phi) is 4.38. The molecule has 7 nitrogen and oxygen atoms in total. The van der Waals surface area contributed by atoms with Crippen LogP contribution in [0, 0.1) is 6.92 Å². The van der Waals surface area contributed by atoms with Crippen LogP contribution < -0.4 is 4.72 Å². The molecule has 2 aromatic heterocycles. The number of nitrogens with one attached hydrogen (secondary N) is 2. The highest BCUT2D eigenvalue weighted by molar-refractivity contribution is 7.89. The molecular formula is C11H12ClN3O4S2. The molecular weight excluding hydrogens is 338 g/mol. The zero-order valence-corrected chi connectivity index (χ0v) is 13.4. The summed E-state index contributed by atoms with van der Waals surface area (Å²) in [5, 5.41) is 14.9. The highest BCUT2D eigenvalue weighted by Crippen LogP contribution is 2.28. The molecule has 0 aliphatic heterocycles. The monoisotopic (exact) mass is 349 g/mol. The molecule has 0 aliphatic rings. The van der Waals surface area contributed by atoms with Crippen molar-refractivity contribution < 1.29 is 18.3 Å². The summed E-state index contributed by atoms with van der Waals surface area (Å²) in [7, 11) is -4.02. The second kappa shape index (κ2) is 5.76. The maximum Gasteiger partial charge on any atom is 0.357 e. The first-order valence-corrected chi connectivity index (χ1v) is 8.46. The molecule has 114 valence electrons. The average Bonchev–Trinajstić information content (AvgIpc) is 2.95. The zero-order valence-electron chi connectivity index (χ0n) is 11.0. The van der Waals surface area contributed by atoms with Gasteiger partial charge in [-0.3, -0.25) is 5.10 Å². The molecule has 1 unspecified atom stereocenters. The molecule has 0 amide bonds. The van der Waals surface area contributed by atoms with Gasteiger partial charge in [-0.05, 0) is 26.0 Å². The van der Waals surface area contributed by atoms with Crippen LogP contribution in [0.1, 0.15) is 34.0 Å². The number of carboxylic acids is 1. The first-order valence-electron chi connectivity index (χ1n) is 5.78. The summed E-state index contributed by atoms with van der Waals surface area (Å²) >= 11 is 7.06. The van der Waals surface area contributed by atoms with Crippen molar-refractivity contribution in [2.75, 3.05) is 0 Å². The zero-order chi connectivity index (χ0) is 15.8. The number of sulfonamides is 1. The number of aryl methyl sites for hydroxylation is 1. The smallest absolute Gasteiger partial charge is 0.357 e. The lowest BCUT2D eigenvalue weighted by Gasteiger charge is -2.12. The normalized spacial score (nSPS) is 13.3. The minimum atomic E-state index is -4.02. The molecule has 0 spiro atoms. The Labute approximate surface area is 130 Å². The van der Waals surface area contributed by atoms with Gasteiger partial charge in [0.05, 0.1) is 16.1 Å². The number of hydrogen-bond donors (Lipinski definition) is 3. The van der Waals surface area contributed by atoms with Crippen molar-refractivity contribution >= 4 is 38.9 Å². The van der Waals surface area contributed by atoms with E-state index in [1.54, 1.807) is 19.1 Å². The van der Waals surface area contributed by atoms with E-state index in [1.165, 1.54) is 18.3 Å². The van der Waals surface area contributed by atoms with Gasteiger partial charge in [-0.1, -0.05) is 11.6 Å². The SMILES string of the molecule is Cc1[nH]nc(C(=O)O)c1S(=O)(=O)NC(C)c1ccc(Cl)s1.